The Labute approximate surface area is 122 Å². The van der Waals surface area contributed by atoms with Crippen LogP contribution >= 0.6 is 0 Å². The Morgan fingerprint density at radius 2 is 1.81 bits per heavy atom. The molecule has 2 rings (SSSR count). The first-order valence-corrected chi connectivity index (χ1v) is 7.16. The van der Waals surface area contributed by atoms with Crippen molar-refractivity contribution >= 4 is 5.91 Å². The first-order valence-electron chi connectivity index (χ1n) is 7.16. The van der Waals surface area contributed by atoms with Gasteiger partial charge >= 0.3 is 0 Å². The molecule has 116 valence electrons. The van der Waals surface area contributed by atoms with Crippen molar-refractivity contribution in [3.8, 4) is 0 Å². The van der Waals surface area contributed by atoms with E-state index < -0.39 is 17.5 Å². The monoisotopic (exact) mass is 298 g/mol. The molecule has 1 fully saturated rings. The standard InChI is InChI=1S/C15H20F2N2O2/c16-11-7-10(8-12(17)9-11)15(20)19-5-6-21-14-3-1-13(18)2-4-14/h7-9,13-14H,1-6,18H2,(H,19,20). The average Bonchev–Trinajstić information content (AvgIpc) is 2.44. The van der Waals surface area contributed by atoms with Crippen LogP contribution in [-0.4, -0.2) is 31.2 Å². The first kappa shape index (κ1) is 15.9. The molecule has 0 bridgehead atoms. The van der Waals surface area contributed by atoms with Gasteiger partial charge in [-0.15, -0.1) is 0 Å². The Bertz CT molecular complexity index is 468. The molecule has 0 aliphatic heterocycles. The Morgan fingerprint density at radius 1 is 1.19 bits per heavy atom. The molecule has 1 aromatic carbocycles. The van der Waals surface area contributed by atoms with E-state index in [-0.39, 0.29) is 17.7 Å². The highest BCUT2D eigenvalue weighted by Gasteiger charge is 2.18. The third-order valence-electron chi connectivity index (χ3n) is 3.58. The second-order valence-corrected chi connectivity index (χ2v) is 5.32. The molecule has 1 aliphatic carbocycles. The van der Waals surface area contributed by atoms with Crippen LogP contribution in [-0.2, 0) is 4.74 Å². The van der Waals surface area contributed by atoms with E-state index in [0.29, 0.717) is 13.2 Å². The summed E-state index contributed by atoms with van der Waals surface area (Å²) in [5, 5.41) is 2.58. The molecule has 21 heavy (non-hydrogen) atoms. The number of carbonyl (C=O) groups is 1. The number of benzene rings is 1. The Hall–Kier alpha value is -1.53. The fourth-order valence-corrected chi connectivity index (χ4v) is 2.43. The van der Waals surface area contributed by atoms with Crippen molar-refractivity contribution < 1.29 is 18.3 Å². The number of rotatable bonds is 5. The molecular formula is C15H20F2N2O2. The number of hydrogen-bond donors (Lipinski definition) is 2. The van der Waals surface area contributed by atoms with E-state index in [4.69, 9.17) is 10.5 Å². The fourth-order valence-electron chi connectivity index (χ4n) is 2.43. The second kappa shape index (κ2) is 7.47. The van der Waals surface area contributed by atoms with Gasteiger partial charge in [0.1, 0.15) is 11.6 Å². The van der Waals surface area contributed by atoms with Gasteiger partial charge in [0.2, 0.25) is 0 Å². The van der Waals surface area contributed by atoms with E-state index in [1.807, 2.05) is 0 Å². The average molecular weight is 298 g/mol. The van der Waals surface area contributed by atoms with Gasteiger partial charge in [0.05, 0.1) is 12.7 Å². The van der Waals surface area contributed by atoms with Crippen LogP contribution < -0.4 is 11.1 Å². The Balaban J connectivity index is 1.69. The van der Waals surface area contributed by atoms with Crippen LogP contribution in [0.3, 0.4) is 0 Å². The van der Waals surface area contributed by atoms with Gasteiger partial charge in [0.15, 0.2) is 0 Å². The van der Waals surface area contributed by atoms with Crippen molar-refractivity contribution in [2.75, 3.05) is 13.2 Å². The van der Waals surface area contributed by atoms with Crippen molar-refractivity contribution in [3.63, 3.8) is 0 Å². The number of nitrogens with one attached hydrogen (secondary N) is 1. The summed E-state index contributed by atoms with van der Waals surface area (Å²) in [7, 11) is 0. The number of carbonyl (C=O) groups excluding carboxylic acids is 1. The van der Waals surface area contributed by atoms with Gasteiger partial charge in [-0.2, -0.15) is 0 Å². The van der Waals surface area contributed by atoms with Crippen LogP contribution in [0.25, 0.3) is 0 Å². The second-order valence-electron chi connectivity index (χ2n) is 5.32. The smallest absolute Gasteiger partial charge is 0.251 e. The summed E-state index contributed by atoms with van der Waals surface area (Å²) < 4.78 is 31.6. The number of halogens is 2. The van der Waals surface area contributed by atoms with Gasteiger partial charge in [-0.3, -0.25) is 4.79 Å². The van der Waals surface area contributed by atoms with Crippen molar-refractivity contribution in [2.24, 2.45) is 5.73 Å². The number of nitrogens with two attached hydrogens (primary N) is 1. The minimum Gasteiger partial charge on any atom is -0.376 e. The number of hydrogen-bond acceptors (Lipinski definition) is 3. The fraction of sp³-hybridized carbons (Fsp3) is 0.533. The van der Waals surface area contributed by atoms with Crippen LogP contribution in [0, 0.1) is 11.6 Å². The summed E-state index contributed by atoms with van der Waals surface area (Å²) in [4.78, 5) is 11.7. The summed E-state index contributed by atoms with van der Waals surface area (Å²) in [6, 6.07) is 3.00. The van der Waals surface area contributed by atoms with E-state index in [2.05, 4.69) is 5.32 Å². The van der Waals surface area contributed by atoms with Crippen LogP contribution in [0.5, 0.6) is 0 Å². The maximum absolute atomic E-state index is 13.0. The van der Waals surface area contributed by atoms with E-state index in [1.165, 1.54) is 0 Å². The summed E-state index contributed by atoms with van der Waals surface area (Å²) in [6.07, 6.45) is 3.97. The van der Waals surface area contributed by atoms with E-state index in [9.17, 15) is 13.6 Å². The van der Waals surface area contributed by atoms with Crippen LogP contribution in [0.2, 0.25) is 0 Å². The van der Waals surface area contributed by atoms with Crippen molar-refractivity contribution in [2.45, 2.75) is 37.8 Å². The number of amides is 1. The summed E-state index contributed by atoms with van der Waals surface area (Å²) >= 11 is 0. The zero-order valence-corrected chi connectivity index (χ0v) is 11.8. The Kier molecular flexibility index (Phi) is 5.64. The van der Waals surface area contributed by atoms with E-state index in [1.54, 1.807) is 0 Å². The lowest BCUT2D eigenvalue weighted by molar-refractivity contribution is 0.0267. The minimum absolute atomic E-state index is 0.0314. The molecule has 0 unspecified atom stereocenters. The molecule has 6 heteroatoms. The molecule has 0 heterocycles. The molecule has 4 nitrogen and oxygen atoms in total. The van der Waals surface area contributed by atoms with Gasteiger partial charge < -0.3 is 15.8 Å². The molecule has 1 saturated carbocycles. The quantitative estimate of drug-likeness (QED) is 0.817. The zero-order chi connectivity index (χ0) is 15.2. The highest BCUT2D eigenvalue weighted by atomic mass is 19.1. The topological polar surface area (TPSA) is 64.3 Å². The van der Waals surface area contributed by atoms with Gasteiger partial charge in [-0.1, -0.05) is 0 Å². The summed E-state index contributed by atoms with van der Waals surface area (Å²) in [5.41, 5.74) is 5.78. The molecule has 0 radical (unpaired) electrons. The molecule has 1 amide bonds. The predicted molar refractivity (Wildman–Crippen MR) is 74.9 cm³/mol. The molecule has 0 aromatic heterocycles. The third-order valence-corrected chi connectivity index (χ3v) is 3.58. The summed E-state index contributed by atoms with van der Waals surface area (Å²) in [6.45, 7) is 0.683. The molecule has 0 saturated heterocycles. The van der Waals surface area contributed by atoms with E-state index >= 15 is 0 Å². The highest BCUT2D eigenvalue weighted by Crippen LogP contribution is 2.19. The molecule has 0 spiro atoms. The highest BCUT2D eigenvalue weighted by molar-refractivity contribution is 5.94. The maximum atomic E-state index is 13.0. The predicted octanol–water partition coefficient (Wildman–Crippen LogP) is 1.98. The van der Waals surface area contributed by atoms with Crippen LogP contribution in [0.1, 0.15) is 36.0 Å². The van der Waals surface area contributed by atoms with Crippen molar-refractivity contribution in [3.05, 3.63) is 35.4 Å². The number of ether oxygens (including phenoxy) is 1. The maximum Gasteiger partial charge on any atom is 0.251 e. The lowest BCUT2D eigenvalue weighted by Crippen LogP contribution is -2.33. The molecular weight excluding hydrogens is 278 g/mol. The van der Waals surface area contributed by atoms with Gasteiger partial charge in [0, 0.05) is 24.2 Å². The zero-order valence-electron chi connectivity index (χ0n) is 11.8. The molecule has 0 atom stereocenters. The first-order chi connectivity index (χ1) is 10.0. The Morgan fingerprint density at radius 3 is 2.43 bits per heavy atom. The van der Waals surface area contributed by atoms with Gasteiger partial charge in [-0.25, -0.2) is 8.78 Å². The van der Waals surface area contributed by atoms with Crippen molar-refractivity contribution in [1.82, 2.24) is 5.32 Å². The largest absolute Gasteiger partial charge is 0.376 e. The minimum atomic E-state index is -0.769. The summed E-state index contributed by atoms with van der Waals surface area (Å²) in [5.74, 6) is -2.05. The SMILES string of the molecule is NC1CCC(OCCNC(=O)c2cc(F)cc(F)c2)CC1. The molecule has 1 aromatic rings. The van der Waals surface area contributed by atoms with Gasteiger partial charge in [0.25, 0.3) is 5.91 Å². The lowest BCUT2D eigenvalue weighted by atomic mass is 9.94. The van der Waals surface area contributed by atoms with E-state index in [0.717, 1.165) is 43.9 Å². The molecule has 3 N–H and O–H groups in total. The normalized spacial score (nSPS) is 22.0. The van der Waals surface area contributed by atoms with Gasteiger partial charge in [-0.05, 0) is 37.8 Å². The van der Waals surface area contributed by atoms with Crippen LogP contribution in [0.15, 0.2) is 18.2 Å². The third kappa shape index (κ3) is 5.06. The lowest BCUT2D eigenvalue weighted by Gasteiger charge is -2.26. The molecule has 1 aliphatic rings. The van der Waals surface area contributed by atoms with Crippen LogP contribution in [0.4, 0.5) is 8.78 Å². The van der Waals surface area contributed by atoms with Crippen molar-refractivity contribution in [1.29, 1.82) is 0 Å².